The first-order chi connectivity index (χ1) is 8.28. The van der Waals surface area contributed by atoms with Crippen molar-refractivity contribution in [3.05, 3.63) is 23.7 Å². The van der Waals surface area contributed by atoms with E-state index in [1.807, 2.05) is 26.0 Å². The zero-order valence-corrected chi connectivity index (χ0v) is 12.8. The van der Waals surface area contributed by atoms with Crippen molar-refractivity contribution in [2.24, 2.45) is 0 Å². The number of aliphatic hydroxyl groups is 1. The molecule has 2 unspecified atom stereocenters. The molecule has 3 nitrogen and oxygen atoms in total. The molecule has 18 heavy (non-hydrogen) atoms. The van der Waals surface area contributed by atoms with Crippen molar-refractivity contribution in [2.75, 3.05) is 0 Å². The molecule has 2 N–H and O–H groups in total. The van der Waals surface area contributed by atoms with Gasteiger partial charge in [-0.15, -0.1) is 11.8 Å². The Morgan fingerprint density at radius 3 is 2.44 bits per heavy atom. The van der Waals surface area contributed by atoms with Crippen LogP contribution in [0.2, 0.25) is 0 Å². The topological polar surface area (TPSA) is 45.4 Å². The quantitative estimate of drug-likeness (QED) is 0.834. The Morgan fingerprint density at radius 2 is 1.89 bits per heavy atom. The van der Waals surface area contributed by atoms with Gasteiger partial charge in [-0.2, -0.15) is 0 Å². The average molecular weight is 271 g/mol. The molecule has 1 heterocycles. The molecule has 4 heteroatoms. The lowest BCUT2D eigenvalue weighted by atomic mass is 10.1. The van der Waals surface area contributed by atoms with Gasteiger partial charge in [0, 0.05) is 10.8 Å². The van der Waals surface area contributed by atoms with Gasteiger partial charge in [-0.05, 0) is 39.8 Å². The fraction of sp³-hybridized carbons (Fsp3) is 0.714. The Bertz CT molecular complexity index is 355. The number of rotatable bonds is 6. The molecule has 0 fully saturated rings. The highest BCUT2D eigenvalue weighted by Gasteiger charge is 2.12. The maximum Gasteiger partial charge on any atom is 0.118 e. The van der Waals surface area contributed by atoms with Gasteiger partial charge in [0.1, 0.15) is 11.5 Å². The fourth-order valence-electron chi connectivity index (χ4n) is 1.30. The van der Waals surface area contributed by atoms with Crippen LogP contribution in [0.4, 0.5) is 0 Å². The van der Waals surface area contributed by atoms with Crippen LogP contribution in [0.25, 0.3) is 0 Å². The molecule has 0 aromatic carbocycles. The van der Waals surface area contributed by atoms with Crippen LogP contribution in [0.1, 0.15) is 46.1 Å². The number of hydrogen-bond donors (Lipinski definition) is 2. The summed E-state index contributed by atoms with van der Waals surface area (Å²) < 4.78 is 5.74. The normalized spacial score (nSPS) is 15.7. The number of aliphatic hydroxyl groups excluding tert-OH is 1. The number of furan rings is 1. The maximum atomic E-state index is 9.42. The third kappa shape index (κ3) is 5.94. The van der Waals surface area contributed by atoms with Crippen LogP contribution < -0.4 is 5.32 Å². The van der Waals surface area contributed by atoms with Crippen LogP contribution in [-0.4, -0.2) is 22.0 Å². The Labute approximate surface area is 114 Å². The minimum Gasteiger partial charge on any atom is -0.464 e. The lowest BCUT2D eigenvalue weighted by molar-refractivity contribution is 0.196. The van der Waals surface area contributed by atoms with Crippen molar-refractivity contribution >= 4 is 11.8 Å². The second kappa shape index (κ2) is 6.64. The summed E-state index contributed by atoms with van der Waals surface area (Å²) in [6.07, 6.45) is -0.285. The van der Waals surface area contributed by atoms with Crippen molar-refractivity contribution in [1.82, 2.24) is 5.32 Å². The predicted octanol–water partition coefficient (Wildman–Crippen LogP) is 3.17. The number of thioether (sulfide) groups is 1. The van der Waals surface area contributed by atoms with Crippen molar-refractivity contribution in [1.29, 1.82) is 0 Å². The summed E-state index contributed by atoms with van der Waals surface area (Å²) in [5.74, 6) is 2.74. The van der Waals surface area contributed by atoms with E-state index in [0.29, 0.717) is 0 Å². The summed E-state index contributed by atoms with van der Waals surface area (Å²) >= 11 is 1.71. The molecule has 0 radical (unpaired) electrons. The van der Waals surface area contributed by atoms with E-state index >= 15 is 0 Å². The Hall–Kier alpha value is -0.450. The molecule has 0 aliphatic rings. The van der Waals surface area contributed by atoms with Crippen molar-refractivity contribution in [3.63, 3.8) is 0 Å². The van der Waals surface area contributed by atoms with Gasteiger partial charge in [0.15, 0.2) is 0 Å². The Morgan fingerprint density at radius 1 is 1.28 bits per heavy atom. The van der Waals surface area contributed by atoms with E-state index in [0.717, 1.165) is 23.8 Å². The molecule has 0 aliphatic carbocycles. The van der Waals surface area contributed by atoms with E-state index in [4.69, 9.17) is 4.42 Å². The van der Waals surface area contributed by atoms with Gasteiger partial charge in [0.25, 0.3) is 0 Å². The zero-order chi connectivity index (χ0) is 13.8. The molecule has 2 atom stereocenters. The van der Waals surface area contributed by atoms with E-state index in [-0.39, 0.29) is 16.9 Å². The lowest BCUT2D eigenvalue weighted by Gasteiger charge is -2.19. The largest absolute Gasteiger partial charge is 0.464 e. The van der Waals surface area contributed by atoms with E-state index < -0.39 is 0 Å². The maximum absolute atomic E-state index is 9.42. The van der Waals surface area contributed by atoms with Crippen LogP contribution in [0, 0.1) is 0 Å². The molecule has 0 saturated carbocycles. The first kappa shape index (κ1) is 15.6. The second-order valence-corrected chi connectivity index (χ2v) is 7.09. The van der Waals surface area contributed by atoms with Crippen LogP contribution >= 0.6 is 11.8 Å². The summed E-state index contributed by atoms with van der Waals surface area (Å²) in [6, 6.07) is 4.03. The minimum absolute atomic E-state index is 0.0997. The first-order valence-corrected chi connectivity index (χ1v) is 7.45. The number of hydrogen-bond acceptors (Lipinski definition) is 4. The van der Waals surface area contributed by atoms with Crippen molar-refractivity contribution in [2.45, 2.75) is 63.8 Å². The lowest BCUT2D eigenvalue weighted by Crippen LogP contribution is -2.34. The summed E-state index contributed by atoms with van der Waals surface area (Å²) in [4.78, 5) is 0. The fourth-order valence-corrected chi connectivity index (χ4v) is 2.16. The highest BCUT2D eigenvalue weighted by atomic mass is 32.2. The standard InChI is InChI=1S/C14H25NO2S/c1-10(16)11(2)18-9-13-7-6-12(17-13)8-15-14(3,4)5/h6-7,10-11,15-16H,8-9H2,1-5H3. The van der Waals surface area contributed by atoms with Crippen molar-refractivity contribution < 1.29 is 9.52 Å². The molecular weight excluding hydrogens is 246 g/mol. The first-order valence-electron chi connectivity index (χ1n) is 6.40. The van der Waals surface area contributed by atoms with Crippen LogP contribution in [0.3, 0.4) is 0 Å². The van der Waals surface area contributed by atoms with E-state index in [1.165, 1.54) is 0 Å². The predicted molar refractivity (Wildman–Crippen MR) is 77.7 cm³/mol. The third-order valence-corrected chi connectivity index (χ3v) is 4.05. The highest BCUT2D eigenvalue weighted by molar-refractivity contribution is 7.99. The Kier molecular flexibility index (Phi) is 5.76. The average Bonchev–Trinajstić information content (AvgIpc) is 2.70. The molecule has 1 aromatic rings. The van der Waals surface area contributed by atoms with E-state index in [9.17, 15) is 5.11 Å². The van der Waals surface area contributed by atoms with Gasteiger partial charge in [-0.25, -0.2) is 0 Å². The van der Waals surface area contributed by atoms with Gasteiger partial charge in [0.05, 0.1) is 18.4 Å². The van der Waals surface area contributed by atoms with E-state index in [1.54, 1.807) is 11.8 Å². The van der Waals surface area contributed by atoms with Gasteiger partial charge >= 0.3 is 0 Å². The second-order valence-electron chi connectivity index (χ2n) is 5.73. The summed E-state index contributed by atoms with van der Waals surface area (Å²) in [7, 11) is 0. The summed E-state index contributed by atoms with van der Waals surface area (Å²) in [5.41, 5.74) is 0.0997. The molecule has 104 valence electrons. The molecule has 0 spiro atoms. The van der Waals surface area contributed by atoms with Gasteiger partial charge < -0.3 is 14.8 Å². The molecule has 1 aromatic heterocycles. The number of nitrogens with one attached hydrogen (secondary N) is 1. The third-order valence-electron chi connectivity index (χ3n) is 2.68. The van der Waals surface area contributed by atoms with E-state index in [2.05, 4.69) is 26.1 Å². The smallest absolute Gasteiger partial charge is 0.118 e. The SMILES string of the molecule is CC(O)C(C)SCc1ccc(CNC(C)(C)C)o1. The highest BCUT2D eigenvalue weighted by Crippen LogP contribution is 2.21. The molecule has 0 saturated heterocycles. The summed E-state index contributed by atoms with van der Waals surface area (Å²) in [5, 5.41) is 13.0. The molecule has 0 bridgehead atoms. The van der Waals surface area contributed by atoms with Gasteiger partial charge in [-0.3, -0.25) is 0 Å². The van der Waals surface area contributed by atoms with Crippen LogP contribution in [-0.2, 0) is 12.3 Å². The van der Waals surface area contributed by atoms with Crippen LogP contribution in [0.15, 0.2) is 16.5 Å². The Balaban J connectivity index is 2.39. The molecule has 1 rings (SSSR count). The zero-order valence-electron chi connectivity index (χ0n) is 12.0. The molecule has 0 amide bonds. The summed E-state index contributed by atoms with van der Waals surface area (Å²) in [6.45, 7) is 11.0. The van der Waals surface area contributed by atoms with Gasteiger partial charge in [-0.1, -0.05) is 6.92 Å². The van der Waals surface area contributed by atoms with Crippen LogP contribution in [0.5, 0.6) is 0 Å². The van der Waals surface area contributed by atoms with Crippen molar-refractivity contribution in [3.8, 4) is 0 Å². The van der Waals surface area contributed by atoms with Gasteiger partial charge in [0.2, 0.25) is 0 Å². The minimum atomic E-state index is -0.285. The molecular formula is C14H25NO2S. The monoisotopic (exact) mass is 271 g/mol. The molecule has 0 aliphatic heterocycles.